The lowest BCUT2D eigenvalue weighted by Crippen LogP contribution is -2.22. The smallest absolute Gasteiger partial charge is 0.306 e. The molecule has 0 saturated heterocycles. The monoisotopic (exact) mass is 469 g/mol. The minimum Gasteiger partial charge on any atom is -0.497 e. The second-order valence-corrected chi connectivity index (χ2v) is 6.78. The van der Waals surface area contributed by atoms with Crippen LogP contribution in [0.4, 0.5) is 17.1 Å². The zero-order chi connectivity index (χ0) is 23.0. The predicted octanol–water partition coefficient (Wildman–Crippen LogP) is 3.81. The summed E-state index contributed by atoms with van der Waals surface area (Å²) in [5.74, 6) is -1.80. The molecule has 0 bridgehead atoms. The van der Waals surface area contributed by atoms with Gasteiger partial charge in [0.05, 0.1) is 34.2 Å². The molecule has 10 nitrogen and oxygen atoms in total. The van der Waals surface area contributed by atoms with Gasteiger partial charge in [0.2, 0.25) is 5.91 Å². The van der Waals surface area contributed by atoms with E-state index >= 15 is 0 Å². The first-order valence-electron chi connectivity index (χ1n) is 8.73. The number of nitrogens with one attached hydrogen (secondary N) is 2. The first-order chi connectivity index (χ1) is 14.7. The van der Waals surface area contributed by atoms with Crippen LogP contribution in [0.2, 0.25) is 10.0 Å². The highest BCUT2D eigenvalue weighted by molar-refractivity contribution is 6.44. The van der Waals surface area contributed by atoms with Crippen LogP contribution in [0.5, 0.6) is 5.75 Å². The van der Waals surface area contributed by atoms with Crippen molar-refractivity contribution in [2.75, 3.05) is 24.4 Å². The number of hydrogen-bond donors (Lipinski definition) is 2. The summed E-state index contributed by atoms with van der Waals surface area (Å²) in [6.07, 6.45) is -0.513. The van der Waals surface area contributed by atoms with E-state index < -0.39 is 29.3 Å². The maximum absolute atomic E-state index is 12.0. The molecule has 164 valence electrons. The van der Waals surface area contributed by atoms with Crippen LogP contribution in [0.15, 0.2) is 36.4 Å². The first kappa shape index (κ1) is 23.9. The summed E-state index contributed by atoms with van der Waals surface area (Å²) in [6, 6.07) is 8.52. The molecular formula is C19H17Cl2N3O7. The van der Waals surface area contributed by atoms with E-state index in [2.05, 4.69) is 10.6 Å². The van der Waals surface area contributed by atoms with Gasteiger partial charge in [0.25, 0.3) is 11.6 Å². The van der Waals surface area contributed by atoms with Gasteiger partial charge in [-0.3, -0.25) is 24.5 Å². The summed E-state index contributed by atoms with van der Waals surface area (Å²) in [6.45, 7) is -0.686. The summed E-state index contributed by atoms with van der Waals surface area (Å²) in [5, 5.41) is 16.3. The van der Waals surface area contributed by atoms with Crippen LogP contribution in [0.3, 0.4) is 0 Å². The molecule has 0 spiro atoms. The molecule has 2 N–H and O–H groups in total. The number of anilines is 2. The molecule has 2 aromatic carbocycles. The van der Waals surface area contributed by atoms with Crippen molar-refractivity contribution in [3.8, 4) is 5.75 Å². The molecule has 0 aliphatic rings. The maximum atomic E-state index is 12.0. The van der Waals surface area contributed by atoms with Gasteiger partial charge in [-0.05, 0) is 18.2 Å². The van der Waals surface area contributed by atoms with E-state index in [1.807, 2.05) is 0 Å². The number of carbonyl (C=O) groups excluding carboxylic acids is 3. The summed E-state index contributed by atoms with van der Waals surface area (Å²) in [7, 11) is 1.37. The van der Waals surface area contributed by atoms with E-state index in [1.165, 1.54) is 25.3 Å². The van der Waals surface area contributed by atoms with E-state index in [0.717, 1.165) is 0 Å². The number of rotatable bonds is 9. The summed E-state index contributed by atoms with van der Waals surface area (Å²) >= 11 is 11.8. The molecular weight excluding hydrogens is 453 g/mol. The van der Waals surface area contributed by atoms with Gasteiger partial charge in [-0.15, -0.1) is 0 Å². The highest BCUT2D eigenvalue weighted by Gasteiger charge is 2.18. The third-order valence-corrected chi connectivity index (χ3v) is 4.64. The number of halogens is 2. The third-order valence-electron chi connectivity index (χ3n) is 3.82. The van der Waals surface area contributed by atoms with Crippen molar-refractivity contribution in [2.24, 2.45) is 0 Å². The van der Waals surface area contributed by atoms with Crippen LogP contribution < -0.4 is 15.4 Å². The van der Waals surface area contributed by atoms with E-state index in [9.17, 15) is 24.5 Å². The lowest BCUT2D eigenvalue weighted by molar-refractivity contribution is -0.383. The fourth-order valence-electron chi connectivity index (χ4n) is 2.33. The van der Waals surface area contributed by atoms with E-state index in [4.69, 9.17) is 32.7 Å². The Labute approximate surface area is 186 Å². The normalized spacial score (nSPS) is 10.2. The molecule has 0 atom stereocenters. The standard InChI is InChI=1S/C19H17Cl2N3O7/c1-30-11-5-6-15(24(28)29)14(9-11)23-17(26)10-31-18(27)8-7-16(25)22-13-4-2-3-12(20)19(13)21/h2-6,9H,7-8,10H2,1H3,(H,22,25)(H,23,26). The minimum atomic E-state index is -0.803. The first-order valence-corrected chi connectivity index (χ1v) is 9.48. The molecule has 0 saturated carbocycles. The Hall–Kier alpha value is -3.37. The quantitative estimate of drug-likeness (QED) is 0.323. The van der Waals surface area contributed by atoms with Crippen LogP contribution in [0.25, 0.3) is 0 Å². The SMILES string of the molecule is COc1ccc([N+](=O)[O-])c(NC(=O)COC(=O)CCC(=O)Nc2cccc(Cl)c2Cl)c1. The Morgan fingerprint density at radius 1 is 1.03 bits per heavy atom. The predicted molar refractivity (Wildman–Crippen MR) is 114 cm³/mol. The van der Waals surface area contributed by atoms with Crippen molar-refractivity contribution in [1.29, 1.82) is 0 Å². The Morgan fingerprint density at radius 2 is 1.74 bits per heavy atom. The van der Waals surface area contributed by atoms with Crippen LogP contribution in [-0.4, -0.2) is 36.4 Å². The van der Waals surface area contributed by atoms with Crippen LogP contribution in [-0.2, 0) is 19.1 Å². The van der Waals surface area contributed by atoms with E-state index in [1.54, 1.807) is 18.2 Å². The zero-order valence-electron chi connectivity index (χ0n) is 16.1. The lowest BCUT2D eigenvalue weighted by atomic mass is 10.2. The summed E-state index contributed by atoms with van der Waals surface area (Å²) in [4.78, 5) is 46.1. The van der Waals surface area contributed by atoms with Crippen molar-refractivity contribution in [3.63, 3.8) is 0 Å². The number of hydrogen-bond acceptors (Lipinski definition) is 7. The van der Waals surface area contributed by atoms with Gasteiger partial charge >= 0.3 is 5.97 Å². The highest BCUT2D eigenvalue weighted by atomic mass is 35.5. The number of benzene rings is 2. The molecule has 0 aliphatic heterocycles. The molecule has 0 heterocycles. The van der Waals surface area contributed by atoms with Crippen LogP contribution in [0.1, 0.15) is 12.8 Å². The van der Waals surface area contributed by atoms with Gasteiger partial charge in [0.1, 0.15) is 11.4 Å². The van der Waals surface area contributed by atoms with Gasteiger partial charge in [0, 0.05) is 18.6 Å². The molecule has 0 aromatic heterocycles. The Morgan fingerprint density at radius 3 is 2.42 bits per heavy atom. The maximum Gasteiger partial charge on any atom is 0.306 e. The summed E-state index contributed by atoms with van der Waals surface area (Å²) in [5.41, 5.74) is -0.160. The zero-order valence-corrected chi connectivity index (χ0v) is 17.7. The molecule has 0 unspecified atom stereocenters. The second-order valence-electron chi connectivity index (χ2n) is 6.00. The molecule has 12 heteroatoms. The Balaban J connectivity index is 1.82. The van der Waals surface area contributed by atoms with Crippen molar-refractivity contribution >= 4 is 58.0 Å². The van der Waals surface area contributed by atoms with Gasteiger partial charge in [-0.25, -0.2) is 0 Å². The van der Waals surface area contributed by atoms with Crippen LogP contribution >= 0.6 is 23.2 Å². The average molecular weight is 470 g/mol. The summed E-state index contributed by atoms with van der Waals surface area (Å²) < 4.78 is 9.76. The Bertz CT molecular complexity index is 1010. The van der Waals surface area contributed by atoms with Gasteiger partial charge < -0.3 is 20.1 Å². The molecule has 0 radical (unpaired) electrons. The number of nitro benzene ring substituents is 1. The number of amides is 2. The number of nitro groups is 1. The van der Waals surface area contributed by atoms with Gasteiger partial charge in [0.15, 0.2) is 6.61 Å². The Kier molecular flexibility index (Phi) is 8.59. The molecule has 0 fully saturated rings. The van der Waals surface area contributed by atoms with Crippen LogP contribution in [0, 0.1) is 10.1 Å². The lowest BCUT2D eigenvalue weighted by Gasteiger charge is -2.09. The topological polar surface area (TPSA) is 137 Å². The van der Waals surface area contributed by atoms with Crippen molar-refractivity contribution in [2.45, 2.75) is 12.8 Å². The highest BCUT2D eigenvalue weighted by Crippen LogP contribution is 2.30. The van der Waals surface area contributed by atoms with Crippen molar-refractivity contribution in [1.82, 2.24) is 0 Å². The number of carbonyl (C=O) groups is 3. The largest absolute Gasteiger partial charge is 0.497 e. The molecule has 31 heavy (non-hydrogen) atoms. The number of esters is 1. The number of ether oxygens (including phenoxy) is 2. The van der Waals surface area contributed by atoms with Gasteiger partial charge in [-0.2, -0.15) is 0 Å². The molecule has 2 amide bonds. The third kappa shape index (κ3) is 7.12. The molecule has 0 aliphatic carbocycles. The molecule has 2 rings (SSSR count). The number of nitrogens with zero attached hydrogens (tertiary/aromatic N) is 1. The van der Waals surface area contributed by atoms with Crippen molar-refractivity contribution < 1.29 is 28.8 Å². The fraction of sp³-hybridized carbons (Fsp3) is 0.211. The average Bonchev–Trinajstić information content (AvgIpc) is 2.73. The van der Waals surface area contributed by atoms with E-state index in [-0.39, 0.29) is 34.3 Å². The number of methoxy groups -OCH3 is 1. The molecule has 2 aromatic rings. The van der Waals surface area contributed by atoms with Crippen molar-refractivity contribution in [3.05, 3.63) is 56.6 Å². The van der Waals surface area contributed by atoms with Gasteiger partial charge in [-0.1, -0.05) is 29.3 Å². The van der Waals surface area contributed by atoms with E-state index in [0.29, 0.717) is 11.4 Å². The minimum absolute atomic E-state index is 0.108. The fourth-order valence-corrected chi connectivity index (χ4v) is 2.68. The second kappa shape index (κ2) is 11.1.